The Morgan fingerprint density at radius 1 is 1.39 bits per heavy atom. The van der Waals surface area contributed by atoms with Crippen molar-refractivity contribution in [3.05, 3.63) is 46.7 Å². The van der Waals surface area contributed by atoms with Crippen LogP contribution < -0.4 is 5.32 Å². The van der Waals surface area contributed by atoms with E-state index in [1.807, 2.05) is 13.0 Å². The summed E-state index contributed by atoms with van der Waals surface area (Å²) in [5.41, 5.74) is 1.56. The van der Waals surface area contributed by atoms with Gasteiger partial charge in [0.1, 0.15) is 10.6 Å². The maximum absolute atomic E-state index is 13.1. The lowest BCUT2D eigenvalue weighted by atomic mass is 10.3. The van der Waals surface area contributed by atoms with Gasteiger partial charge < -0.3 is 10.4 Å². The average molecular weight is 333 g/mol. The second kappa shape index (κ2) is 6.47. The smallest absolute Gasteiger partial charge is 0.261 e. The molecule has 7 heteroatoms. The fourth-order valence-corrected chi connectivity index (χ4v) is 3.38. The Balaban J connectivity index is 1.95. The second-order valence-corrected chi connectivity index (χ2v) is 6.17. The van der Waals surface area contributed by atoms with E-state index in [1.165, 1.54) is 23.5 Å². The molecule has 0 radical (unpaired) electrons. The van der Waals surface area contributed by atoms with Crippen LogP contribution >= 0.6 is 11.3 Å². The Labute approximate surface area is 136 Å². The molecule has 0 atom stereocenters. The third-order valence-corrected chi connectivity index (χ3v) is 4.57. The summed E-state index contributed by atoms with van der Waals surface area (Å²) >= 11 is 1.34. The van der Waals surface area contributed by atoms with Gasteiger partial charge in [-0.2, -0.15) is 5.10 Å². The molecule has 1 aromatic carbocycles. The van der Waals surface area contributed by atoms with Crippen LogP contribution in [0, 0.1) is 12.7 Å². The van der Waals surface area contributed by atoms with Gasteiger partial charge >= 0.3 is 0 Å². The lowest BCUT2D eigenvalue weighted by Gasteiger charge is -2.02. The van der Waals surface area contributed by atoms with Crippen LogP contribution in [0.4, 0.5) is 4.39 Å². The fraction of sp³-hybridized carbons (Fsp3) is 0.250. The van der Waals surface area contributed by atoms with Crippen molar-refractivity contribution < 1.29 is 14.3 Å². The van der Waals surface area contributed by atoms with Crippen LogP contribution in [0.2, 0.25) is 0 Å². The van der Waals surface area contributed by atoms with Crippen molar-refractivity contribution in [3.63, 3.8) is 0 Å². The molecule has 0 bridgehead atoms. The molecule has 2 heterocycles. The summed E-state index contributed by atoms with van der Waals surface area (Å²) in [5.74, 6) is -0.464. The molecule has 0 spiro atoms. The Hall–Kier alpha value is -2.25. The summed E-state index contributed by atoms with van der Waals surface area (Å²) in [6.07, 6.45) is 0.527. The molecular weight excluding hydrogens is 317 g/mol. The molecule has 3 aromatic rings. The minimum absolute atomic E-state index is 0.0470. The van der Waals surface area contributed by atoms with Gasteiger partial charge in [-0.1, -0.05) is 0 Å². The normalized spacial score (nSPS) is 11.1. The number of aromatic nitrogens is 2. The van der Waals surface area contributed by atoms with Gasteiger partial charge in [0, 0.05) is 18.5 Å². The van der Waals surface area contributed by atoms with Crippen molar-refractivity contribution in [2.75, 3.05) is 13.2 Å². The van der Waals surface area contributed by atoms with E-state index in [9.17, 15) is 9.18 Å². The van der Waals surface area contributed by atoms with Crippen LogP contribution in [-0.2, 0) is 0 Å². The molecule has 0 aliphatic carbocycles. The number of carbonyl (C=O) groups excluding carboxylic acids is 1. The van der Waals surface area contributed by atoms with Gasteiger partial charge in [0.25, 0.3) is 5.91 Å². The molecule has 0 aliphatic rings. The molecule has 0 aliphatic heterocycles. The molecule has 1 amide bonds. The number of amides is 1. The first-order valence-electron chi connectivity index (χ1n) is 7.24. The van der Waals surface area contributed by atoms with Crippen LogP contribution in [-0.4, -0.2) is 33.9 Å². The van der Waals surface area contributed by atoms with Gasteiger partial charge in [0.05, 0.1) is 16.3 Å². The van der Waals surface area contributed by atoms with E-state index in [-0.39, 0.29) is 18.3 Å². The molecule has 120 valence electrons. The average Bonchev–Trinajstić information content (AvgIpc) is 3.10. The highest BCUT2D eigenvalue weighted by molar-refractivity contribution is 7.20. The van der Waals surface area contributed by atoms with Crippen molar-refractivity contribution in [1.29, 1.82) is 0 Å². The van der Waals surface area contributed by atoms with Crippen LogP contribution in [0.1, 0.15) is 21.8 Å². The summed E-state index contributed by atoms with van der Waals surface area (Å²) in [4.78, 5) is 13.6. The first kappa shape index (κ1) is 15.6. The topological polar surface area (TPSA) is 67.2 Å². The third-order valence-electron chi connectivity index (χ3n) is 3.46. The van der Waals surface area contributed by atoms with Crippen molar-refractivity contribution >= 4 is 27.5 Å². The molecule has 0 saturated heterocycles. The zero-order valence-corrected chi connectivity index (χ0v) is 13.4. The Morgan fingerprint density at radius 2 is 2.13 bits per heavy atom. The summed E-state index contributed by atoms with van der Waals surface area (Å²) < 4.78 is 14.8. The van der Waals surface area contributed by atoms with Crippen LogP contribution in [0.5, 0.6) is 0 Å². The summed E-state index contributed by atoms with van der Waals surface area (Å²) in [7, 11) is 0. The van der Waals surface area contributed by atoms with Gasteiger partial charge in [-0.05, 0) is 43.7 Å². The lowest BCUT2D eigenvalue weighted by molar-refractivity contribution is 0.0955. The van der Waals surface area contributed by atoms with Crippen molar-refractivity contribution in [2.45, 2.75) is 13.3 Å². The van der Waals surface area contributed by atoms with E-state index < -0.39 is 0 Å². The highest BCUT2D eigenvalue weighted by Gasteiger charge is 2.16. The molecule has 2 aromatic heterocycles. The number of aryl methyl sites for hydroxylation is 1. The van der Waals surface area contributed by atoms with E-state index >= 15 is 0 Å². The summed E-state index contributed by atoms with van der Waals surface area (Å²) in [5, 5.41) is 16.9. The van der Waals surface area contributed by atoms with E-state index in [1.54, 1.807) is 16.8 Å². The SMILES string of the molecule is Cc1nn(-c2ccc(F)cc2)c2sc(C(=O)NCCCO)cc12. The number of hydrogen-bond donors (Lipinski definition) is 2. The molecule has 3 rings (SSSR count). The molecule has 0 saturated carbocycles. The summed E-state index contributed by atoms with van der Waals surface area (Å²) in [6.45, 7) is 2.36. The van der Waals surface area contributed by atoms with E-state index in [4.69, 9.17) is 5.11 Å². The minimum atomic E-state index is -0.302. The van der Waals surface area contributed by atoms with Gasteiger partial charge in [-0.15, -0.1) is 11.3 Å². The Kier molecular flexibility index (Phi) is 4.40. The van der Waals surface area contributed by atoms with E-state index in [0.29, 0.717) is 17.8 Å². The van der Waals surface area contributed by atoms with Crippen LogP contribution in [0.25, 0.3) is 15.9 Å². The van der Waals surface area contributed by atoms with Crippen molar-refractivity contribution in [3.8, 4) is 5.69 Å². The first-order chi connectivity index (χ1) is 11.1. The maximum Gasteiger partial charge on any atom is 0.261 e. The Morgan fingerprint density at radius 3 is 2.83 bits per heavy atom. The second-order valence-electron chi connectivity index (χ2n) is 5.14. The number of hydrogen-bond acceptors (Lipinski definition) is 4. The quantitative estimate of drug-likeness (QED) is 0.706. The highest BCUT2D eigenvalue weighted by Crippen LogP contribution is 2.30. The van der Waals surface area contributed by atoms with Gasteiger partial charge in [-0.3, -0.25) is 4.79 Å². The molecule has 23 heavy (non-hydrogen) atoms. The predicted octanol–water partition coefficient (Wildman–Crippen LogP) is 2.65. The van der Waals surface area contributed by atoms with Crippen LogP contribution in [0.15, 0.2) is 30.3 Å². The standard InChI is InChI=1S/C16H16FN3O2S/c1-10-13-9-14(15(22)18-7-2-8-21)23-16(13)20(19-10)12-5-3-11(17)4-6-12/h3-6,9,21H,2,7-8H2,1H3,(H,18,22). The van der Waals surface area contributed by atoms with Crippen molar-refractivity contribution in [1.82, 2.24) is 15.1 Å². The third kappa shape index (κ3) is 3.11. The number of rotatable bonds is 5. The lowest BCUT2D eigenvalue weighted by Crippen LogP contribution is -2.24. The zero-order chi connectivity index (χ0) is 16.4. The van der Waals surface area contributed by atoms with Crippen molar-refractivity contribution in [2.24, 2.45) is 0 Å². The number of aliphatic hydroxyl groups excluding tert-OH is 1. The van der Waals surface area contributed by atoms with Gasteiger partial charge in [0.15, 0.2) is 0 Å². The summed E-state index contributed by atoms with van der Waals surface area (Å²) in [6, 6.07) is 7.89. The number of benzene rings is 1. The number of nitrogens with one attached hydrogen (secondary N) is 1. The molecule has 0 unspecified atom stereocenters. The first-order valence-corrected chi connectivity index (χ1v) is 8.06. The predicted molar refractivity (Wildman–Crippen MR) is 87.7 cm³/mol. The van der Waals surface area contributed by atoms with Gasteiger partial charge in [-0.25, -0.2) is 9.07 Å². The largest absolute Gasteiger partial charge is 0.396 e. The van der Waals surface area contributed by atoms with E-state index in [2.05, 4.69) is 10.4 Å². The minimum Gasteiger partial charge on any atom is -0.396 e. The monoisotopic (exact) mass is 333 g/mol. The maximum atomic E-state index is 13.1. The number of aliphatic hydroxyl groups is 1. The molecular formula is C16H16FN3O2S. The number of nitrogens with zero attached hydrogens (tertiary/aromatic N) is 2. The number of thiophene rings is 1. The van der Waals surface area contributed by atoms with Gasteiger partial charge in [0.2, 0.25) is 0 Å². The number of carbonyl (C=O) groups is 1. The molecule has 0 fully saturated rings. The Bertz CT molecular complexity index is 839. The molecule has 2 N–H and O–H groups in total. The highest BCUT2D eigenvalue weighted by atomic mass is 32.1. The van der Waals surface area contributed by atoms with E-state index in [0.717, 1.165) is 21.6 Å². The number of halogens is 1. The molecule has 5 nitrogen and oxygen atoms in total. The van der Waals surface area contributed by atoms with Crippen LogP contribution in [0.3, 0.4) is 0 Å². The number of fused-ring (bicyclic) bond motifs is 1. The zero-order valence-electron chi connectivity index (χ0n) is 12.5. The fourth-order valence-electron chi connectivity index (χ4n) is 2.28.